The molecule has 2 aromatic rings. The van der Waals surface area contributed by atoms with Gasteiger partial charge in [0.15, 0.2) is 0 Å². The topological polar surface area (TPSA) is 44.9 Å². The molecule has 0 aromatic heterocycles. The van der Waals surface area contributed by atoms with Crippen molar-refractivity contribution < 1.29 is 0 Å². The van der Waals surface area contributed by atoms with E-state index in [1.165, 1.54) is 22.4 Å². The highest BCUT2D eigenvalue weighted by Gasteiger charge is 2.30. The first-order chi connectivity index (χ1) is 13.9. The lowest BCUT2D eigenvalue weighted by atomic mass is 9.95. The first-order valence-electron chi connectivity index (χ1n) is 10.4. The fraction of sp³-hybridized carbons (Fsp3) is 0.320. The summed E-state index contributed by atoms with van der Waals surface area (Å²) in [7, 11) is 0. The molecule has 0 spiro atoms. The van der Waals surface area contributed by atoms with Crippen LogP contribution < -0.4 is 15.5 Å². The second-order valence-electron chi connectivity index (χ2n) is 7.97. The minimum atomic E-state index is 0.788. The van der Waals surface area contributed by atoms with Crippen LogP contribution >= 0.6 is 0 Å². The lowest BCUT2D eigenvalue weighted by Crippen LogP contribution is -2.30. The number of benzene rings is 2. The summed E-state index contributed by atoms with van der Waals surface area (Å²) in [6.07, 6.45) is 2.87. The van der Waals surface area contributed by atoms with Gasteiger partial charge >= 0.3 is 0 Å². The molecule has 4 heteroatoms. The van der Waals surface area contributed by atoms with Crippen molar-refractivity contribution in [3.05, 3.63) is 70.6 Å². The van der Waals surface area contributed by atoms with E-state index in [0.29, 0.717) is 0 Å². The van der Waals surface area contributed by atoms with Gasteiger partial charge < -0.3 is 15.5 Å². The molecule has 2 aliphatic rings. The normalized spacial score (nSPS) is 15.6. The maximum Gasteiger partial charge on any atom is 0.0878 e. The Morgan fingerprint density at radius 1 is 1.03 bits per heavy atom. The summed E-state index contributed by atoms with van der Waals surface area (Å²) in [5.74, 6) is 0. The Kier molecular flexibility index (Phi) is 4.95. The van der Waals surface area contributed by atoms with Crippen molar-refractivity contribution >= 4 is 28.5 Å². The van der Waals surface area contributed by atoms with Crippen LogP contribution in [0.4, 0.5) is 22.7 Å². The minimum absolute atomic E-state index is 0.788. The van der Waals surface area contributed by atoms with Crippen LogP contribution in [0.25, 0.3) is 0 Å². The van der Waals surface area contributed by atoms with Gasteiger partial charge in [-0.1, -0.05) is 17.7 Å². The molecule has 0 fully saturated rings. The van der Waals surface area contributed by atoms with Crippen molar-refractivity contribution in [2.24, 2.45) is 10.7 Å². The van der Waals surface area contributed by atoms with Gasteiger partial charge in [-0.15, -0.1) is 0 Å². The molecule has 4 nitrogen and oxygen atoms in total. The summed E-state index contributed by atoms with van der Waals surface area (Å²) in [4.78, 5) is 9.78. The lowest BCUT2D eigenvalue weighted by molar-refractivity contribution is 0.861. The van der Waals surface area contributed by atoms with Gasteiger partial charge in [-0.3, -0.25) is 0 Å². The fourth-order valence-electron chi connectivity index (χ4n) is 4.18. The third-order valence-electron chi connectivity index (χ3n) is 5.94. The third-order valence-corrected chi connectivity index (χ3v) is 5.94. The number of nitrogens with two attached hydrogens (primary N) is 1. The number of hydrogen-bond donors (Lipinski definition) is 1. The molecule has 2 aromatic carbocycles. The standard InChI is InChI=1S/C25H30N4/c1-6-28(7-2)23-15-25-22(13-18(23)5)27-21-12-17(4)20(26)14-24(21)29(25)19-10-8-16(3)9-11-19/h8-11,13-15H,6-7,12,26H2,1-5H3. The van der Waals surface area contributed by atoms with Crippen LogP contribution in [0.2, 0.25) is 0 Å². The third kappa shape index (κ3) is 3.33. The van der Waals surface area contributed by atoms with E-state index in [1.807, 2.05) is 0 Å². The van der Waals surface area contributed by atoms with E-state index < -0.39 is 0 Å². The highest BCUT2D eigenvalue weighted by Crippen LogP contribution is 2.46. The molecule has 1 heterocycles. The molecule has 0 atom stereocenters. The number of hydrogen-bond acceptors (Lipinski definition) is 4. The van der Waals surface area contributed by atoms with Gasteiger partial charge in [0.2, 0.25) is 0 Å². The summed E-state index contributed by atoms with van der Waals surface area (Å²) in [5.41, 5.74) is 17.6. The van der Waals surface area contributed by atoms with E-state index in [-0.39, 0.29) is 0 Å². The number of aliphatic imine (C=N–C) groups is 1. The maximum atomic E-state index is 6.33. The van der Waals surface area contributed by atoms with Crippen LogP contribution in [0.5, 0.6) is 0 Å². The molecular formula is C25H30N4. The van der Waals surface area contributed by atoms with E-state index in [4.69, 9.17) is 10.7 Å². The van der Waals surface area contributed by atoms with Gasteiger partial charge in [0.25, 0.3) is 0 Å². The van der Waals surface area contributed by atoms with Gasteiger partial charge in [-0.25, -0.2) is 4.99 Å². The second-order valence-corrected chi connectivity index (χ2v) is 7.97. The second kappa shape index (κ2) is 7.43. The van der Waals surface area contributed by atoms with Crippen LogP contribution in [0, 0.1) is 13.8 Å². The number of fused-ring (bicyclic) bond motifs is 2. The van der Waals surface area contributed by atoms with Crippen LogP contribution in [-0.2, 0) is 0 Å². The van der Waals surface area contributed by atoms with Crippen LogP contribution in [0.15, 0.2) is 64.4 Å². The molecule has 4 rings (SSSR count). The van der Waals surface area contributed by atoms with Crippen molar-refractivity contribution in [1.82, 2.24) is 0 Å². The Morgan fingerprint density at radius 2 is 1.72 bits per heavy atom. The molecule has 1 aliphatic carbocycles. The smallest absolute Gasteiger partial charge is 0.0878 e. The van der Waals surface area contributed by atoms with Crippen LogP contribution in [-0.4, -0.2) is 18.8 Å². The molecule has 0 unspecified atom stereocenters. The SMILES string of the molecule is CCN(CC)c1cc2c(cc1C)N=C1CC(C)=C(N)C=C1N2c1ccc(C)cc1. The predicted molar refractivity (Wildman–Crippen MR) is 125 cm³/mol. The summed E-state index contributed by atoms with van der Waals surface area (Å²) in [5, 5.41) is 0. The number of allylic oxidation sites excluding steroid dienone is 3. The van der Waals surface area contributed by atoms with Crippen molar-refractivity contribution in [3.63, 3.8) is 0 Å². The van der Waals surface area contributed by atoms with E-state index >= 15 is 0 Å². The summed E-state index contributed by atoms with van der Waals surface area (Å²) in [6.45, 7) is 12.8. The highest BCUT2D eigenvalue weighted by molar-refractivity contribution is 6.12. The summed E-state index contributed by atoms with van der Waals surface area (Å²) < 4.78 is 0. The van der Waals surface area contributed by atoms with Crippen molar-refractivity contribution in [2.45, 2.75) is 41.0 Å². The zero-order valence-corrected chi connectivity index (χ0v) is 18.1. The molecule has 0 saturated carbocycles. The van der Waals surface area contributed by atoms with Gasteiger partial charge in [-0.2, -0.15) is 0 Å². The van der Waals surface area contributed by atoms with Crippen molar-refractivity contribution in [2.75, 3.05) is 22.9 Å². The maximum absolute atomic E-state index is 6.33. The molecule has 29 heavy (non-hydrogen) atoms. The zero-order chi connectivity index (χ0) is 20.7. The van der Waals surface area contributed by atoms with E-state index in [9.17, 15) is 0 Å². The first kappa shape index (κ1) is 19.3. The average molecular weight is 387 g/mol. The lowest BCUT2D eigenvalue weighted by Gasteiger charge is -2.36. The number of rotatable bonds is 4. The largest absolute Gasteiger partial charge is 0.399 e. The van der Waals surface area contributed by atoms with E-state index in [1.54, 1.807) is 0 Å². The molecule has 150 valence electrons. The molecule has 2 N–H and O–H groups in total. The van der Waals surface area contributed by atoms with Crippen LogP contribution in [0.3, 0.4) is 0 Å². The Bertz CT molecular complexity index is 1040. The quantitative estimate of drug-likeness (QED) is 0.712. The fourth-order valence-corrected chi connectivity index (χ4v) is 4.18. The Balaban J connectivity index is 1.96. The van der Waals surface area contributed by atoms with Crippen molar-refractivity contribution in [3.8, 4) is 0 Å². The zero-order valence-electron chi connectivity index (χ0n) is 18.1. The molecule has 0 bridgehead atoms. The van der Waals surface area contributed by atoms with Crippen LogP contribution in [0.1, 0.15) is 38.3 Å². The summed E-state index contributed by atoms with van der Waals surface area (Å²) in [6, 6.07) is 13.2. The number of anilines is 3. The minimum Gasteiger partial charge on any atom is -0.399 e. The highest BCUT2D eigenvalue weighted by atomic mass is 15.2. The van der Waals surface area contributed by atoms with Gasteiger partial charge in [0.05, 0.1) is 22.8 Å². The van der Waals surface area contributed by atoms with Gasteiger partial charge in [-0.05, 0) is 76.1 Å². The molecule has 0 radical (unpaired) electrons. The Morgan fingerprint density at radius 3 is 2.38 bits per heavy atom. The van der Waals surface area contributed by atoms with Gasteiger partial charge in [0, 0.05) is 36.6 Å². The number of nitrogens with zero attached hydrogens (tertiary/aromatic N) is 3. The Hall–Kier alpha value is -3.01. The summed E-state index contributed by atoms with van der Waals surface area (Å²) >= 11 is 0. The first-order valence-corrected chi connectivity index (χ1v) is 10.4. The number of aryl methyl sites for hydroxylation is 2. The average Bonchev–Trinajstić information content (AvgIpc) is 2.70. The van der Waals surface area contributed by atoms with Gasteiger partial charge in [0.1, 0.15) is 0 Å². The van der Waals surface area contributed by atoms with E-state index in [2.05, 4.69) is 86.9 Å². The molecule has 0 amide bonds. The van der Waals surface area contributed by atoms with E-state index in [0.717, 1.165) is 53.7 Å². The monoisotopic (exact) mass is 386 g/mol. The Labute approximate surface area is 174 Å². The molecule has 0 saturated heterocycles. The molecule has 1 aliphatic heterocycles. The van der Waals surface area contributed by atoms with Crippen molar-refractivity contribution in [1.29, 1.82) is 0 Å². The molecular weight excluding hydrogens is 356 g/mol. The predicted octanol–water partition coefficient (Wildman–Crippen LogP) is 5.89.